The van der Waals surface area contributed by atoms with Gasteiger partial charge in [-0.2, -0.15) is 0 Å². The Bertz CT molecular complexity index is 584. The lowest BCUT2D eigenvalue weighted by Gasteiger charge is -2.32. The highest BCUT2D eigenvalue weighted by Crippen LogP contribution is 2.32. The van der Waals surface area contributed by atoms with Crippen LogP contribution in [-0.4, -0.2) is 24.4 Å². The molecule has 0 aromatic heterocycles. The summed E-state index contributed by atoms with van der Waals surface area (Å²) in [5, 5.41) is 3.30. The van der Waals surface area contributed by atoms with Crippen molar-refractivity contribution in [3.8, 4) is 0 Å². The van der Waals surface area contributed by atoms with Gasteiger partial charge in [-0.25, -0.2) is 0 Å². The Morgan fingerprint density at radius 2 is 2.00 bits per heavy atom. The van der Waals surface area contributed by atoms with E-state index in [1.165, 1.54) is 0 Å². The lowest BCUT2D eigenvalue weighted by atomic mass is 9.86. The van der Waals surface area contributed by atoms with E-state index in [9.17, 15) is 9.59 Å². The first kappa shape index (κ1) is 16.3. The van der Waals surface area contributed by atoms with Gasteiger partial charge in [0.15, 0.2) is 0 Å². The number of nitrogens with one attached hydrogen (secondary N) is 1. The molecule has 2 rings (SSSR count). The van der Waals surface area contributed by atoms with E-state index in [4.69, 9.17) is 11.6 Å². The number of benzene rings is 1. The summed E-state index contributed by atoms with van der Waals surface area (Å²) >= 11 is 9.60. The number of carbonyl (C=O) groups excluding carboxylic acids is 2. The zero-order chi connectivity index (χ0) is 15.8. The van der Waals surface area contributed by atoms with Crippen molar-refractivity contribution >= 4 is 45.0 Å². The fraction of sp³-hybridized carbons (Fsp3) is 0.467. The molecule has 1 aromatic carbocycles. The van der Waals surface area contributed by atoms with Gasteiger partial charge in [-0.1, -0.05) is 48.3 Å². The molecule has 1 fully saturated rings. The summed E-state index contributed by atoms with van der Waals surface area (Å²) in [6.45, 7) is 6.13. The molecule has 0 aliphatic carbocycles. The molecule has 6 heteroatoms. The zero-order valence-electron chi connectivity index (χ0n) is 12.2. The molecule has 1 heterocycles. The molecule has 0 spiro atoms. The summed E-state index contributed by atoms with van der Waals surface area (Å²) in [5.41, 5.74) is 0.271. The van der Waals surface area contributed by atoms with E-state index in [-0.39, 0.29) is 23.7 Å². The molecule has 0 radical (unpaired) electrons. The third-order valence-corrected chi connectivity index (χ3v) is 4.24. The summed E-state index contributed by atoms with van der Waals surface area (Å²) in [7, 11) is 0. The van der Waals surface area contributed by atoms with Crippen molar-refractivity contribution in [1.29, 1.82) is 0 Å². The number of carbonyl (C=O) groups is 2. The Labute approximate surface area is 138 Å². The first-order valence-corrected chi connectivity index (χ1v) is 7.93. The summed E-state index contributed by atoms with van der Waals surface area (Å²) in [4.78, 5) is 26.3. The molecule has 1 atom stereocenters. The molecule has 0 saturated carbocycles. The van der Waals surface area contributed by atoms with Crippen molar-refractivity contribution in [2.75, 3.05) is 11.4 Å². The number of hydrogen-bond acceptors (Lipinski definition) is 2. The highest BCUT2D eigenvalue weighted by atomic mass is 79.9. The minimum atomic E-state index is -0.563. The predicted molar refractivity (Wildman–Crippen MR) is 87.5 cm³/mol. The van der Waals surface area contributed by atoms with Gasteiger partial charge in [0, 0.05) is 17.4 Å². The van der Waals surface area contributed by atoms with Crippen molar-refractivity contribution in [2.45, 2.75) is 33.2 Å². The maximum Gasteiger partial charge on any atom is 0.250 e. The Balaban J connectivity index is 2.42. The van der Waals surface area contributed by atoms with Gasteiger partial charge < -0.3 is 10.2 Å². The second kappa shape index (κ2) is 5.97. The summed E-state index contributed by atoms with van der Waals surface area (Å²) in [5.74, 6) is -0.239. The fourth-order valence-electron chi connectivity index (χ4n) is 2.30. The van der Waals surface area contributed by atoms with Crippen LogP contribution in [-0.2, 0) is 9.59 Å². The van der Waals surface area contributed by atoms with E-state index >= 15 is 0 Å². The van der Waals surface area contributed by atoms with Crippen LogP contribution in [0.15, 0.2) is 22.7 Å². The monoisotopic (exact) mass is 372 g/mol. The van der Waals surface area contributed by atoms with Crippen molar-refractivity contribution in [3.63, 3.8) is 0 Å². The van der Waals surface area contributed by atoms with Crippen molar-refractivity contribution < 1.29 is 9.59 Å². The molecule has 2 amide bonds. The minimum Gasteiger partial charge on any atom is -0.344 e. The van der Waals surface area contributed by atoms with E-state index in [1.807, 2.05) is 26.8 Å². The Morgan fingerprint density at radius 3 is 2.57 bits per heavy atom. The molecular formula is C15H18BrClN2O2. The second-order valence-electron chi connectivity index (χ2n) is 6.20. The Kier molecular flexibility index (Phi) is 4.63. The molecule has 0 bridgehead atoms. The molecule has 1 unspecified atom stereocenters. The van der Waals surface area contributed by atoms with Gasteiger partial charge in [-0.15, -0.1) is 0 Å². The van der Waals surface area contributed by atoms with Crippen molar-refractivity contribution in [1.82, 2.24) is 5.32 Å². The quantitative estimate of drug-likeness (QED) is 0.820. The van der Waals surface area contributed by atoms with Crippen LogP contribution >= 0.6 is 27.5 Å². The molecule has 1 saturated heterocycles. The molecular weight excluding hydrogens is 356 g/mol. The van der Waals surface area contributed by atoms with Crippen molar-refractivity contribution in [3.05, 3.63) is 27.7 Å². The van der Waals surface area contributed by atoms with E-state index in [2.05, 4.69) is 21.2 Å². The van der Waals surface area contributed by atoms with Gasteiger partial charge in [0.05, 0.1) is 10.7 Å². The number of halogens is 2. The van der Waals surface area contributed by atoms with E-state index in [1.54, 1.807) is 17.0 Å². The maximum absolute atomic E-state index is 12.8. The topological polar surface area (TPSA) is 49.4 Å². The number of anilines is 1. The third-order valence-electron chi connectivity index (χ3n) is 3.45. The number of amides is 2. The molecule has 1 N–H and O–H groups in total. The second-order valence-corrected chi connectivity index (χ2v) is 7.53. The first-order chi connectivity index (χ1) is 9.70. The largest absolute Gasteiger partial charge is 0.344 e. The Morgan fingerprint density at radius 1 is 1.33 bits per heavy atom. The van der Waals surface area contributed by atoms with Crippen LogP contribution in [0.2, 0.25) is 5.02 Å². The standard InChI is InChI=1S/C15H18BrClN2O2/c1-15(2,3)13-14(21)19(7-6-12(20)18-13)11-5-4-9(16)8-10(11)17/h4-5,8,13H,6-7H2,1-3H3,(H,18,20). The van der Waals surface area contributed by atoms with Gasteiger partial charge in [0.25, 0.3) is 0 Å². The van der Waals surface area contributed by atoms with Crippen LogP contribution in [0.3, 0.4) is 0 Å². The lowest BCUT2D eigenvalue weighted by molar-refractivity contribution is -0.127. The van der Waals surface area contributed by atoms with E-state index in [0.717, 1.165) is 4.47 Å². The average molecular weight is 374 g/mol. The van der Waals surface area contributed by atoms with Crippen LogP contribution in [0.4, 0.5) is 5.69 Å². The summed E-state index contributed by atoms with van der Waals surface area (Å²) < 4.78 is 0.847. The van der Waals surface area contributed by atoms with Crippen molar-refractivity contribution in [2.24, 2.45) is 5.41 Å². The van der Waals surface area contributed by atoms with E-state index in [0.29, 0.717) is 17.3 Å². The summed E-state index contributed by atoms with van der Waals surface area (Å²) in [6.07, 6.45) is 0.269. The zero-order valence-corrected chi connectivity index (χ0v) is 14.6. The normalized spacial score (nSPS) is 20.2. The van der Waals surface area contributed by atoms with Gasteiger partial charge >= 0.3 is 0 Å². The average Bonchev–Trinajstić information content (AvgIpc) is 2.50. The molecule has 21 heavy (non-hydrogen) atoms. The predicted octanol–water partition coefficient (Wildman–Crippen LogP) is 3.37. The highest BCUT2D eigenvalue weighted by molar-refractivity contribution is 9.10. The highest BCUT2D eigenvalue weighted by Gasteiger charge is 2.38. The van der Waals surface area contributed by atoms with Crippen LogP contribution < -0.4 is 10.2 Å². The van der Waals surface area contributed by atoms with E-state index < -0.39 is 6.04 Å². The third kappa shape index (κ3) is 3.58. The van der Waals surface area contributed by atoms with Crippen LogP contribution in [0, 0.1) is 5.41 Å². The smallest absolute Gasteiger partial charge is 0.250 e. The fourth-order valence-corrected chi connectivity index (χ4v) is 3.08. The molecule has 4 nitrogen and oxygen atoms in total. The van der Waals surface area contributed by atoms with Crippen LogP contribution in [0.1, 0.15) is 27.2 Å². The molecule has 1 aromatic rings. The van der Waals surface area contributed by atoms with Gasteiger partial charge in [0.2, 0.25) is 11.8 Å². The maximum atomic E-state index is 12.8. The first-order valence-electron chi connectivity index (χ1n) is 6.76. The lowest BCUT2D eigenvalue weighted by Crippen LogP contribution is -2.52. The SMILES string of the molecule is CC(C)(C)C1NC(=O)CCN(c2ccc(Br)cc2Cl)C1=O. The Hall–Kier alpha value is -1.07. The summed E-state index contributed by atoms with van der Waals surface area (Å²) in [6, 6.07) is 4.81. The molecule has 114 valence electrons. The van der Waals surface area contributed by atoms with Gasteiger partial charge in [-0.05, 0) is 23.6 Å². The van der Waals surface area contributed by atoms with Crippen LogP contribution in [0.25, 0.3) is 0 Å². The van der Waals surface area contributed by atoms with Gasteiger partial charge in [-0.3, -0.25) is 9.59 Å². The van der Waals surface area contributed by atoms with Crippen LogP contribution in [0.5, 0.6) is 0 Å². The minimum absolute atomic E-state index is 0.112. The molecule has 1 aliphatic heterocycles. The van der Waals surface area contributed by atoms with Gasteiger partial charge in [0.1, 0.15) is 6.04 Å². The molecule has 1 aliphatic rings. The number of rotatable bonds is 1. The number of nitrogens with zero attached hydrogens (tertiary/aromatic N) is 1. The number of hydrogen-bond donors (Lipinski definition) is 1.